The number of carbonyl (C=O) groups is 4. The highest BCUT2D eigenvalue weighted by atomic mass is 33.1. The van der Waals surface area contributed by atoms with Gasteiger partial charge in [-0.1, -0.05) is 79.3 Å². The van der Waals surface area contributed by atoms with E-state index in [1.165, 1.54) is 91.5 Å². The van der Waals surface area contributed by atoms with E-state index in [0.717, 1.165) is 10.8 Å². The number of H-pyrrole nitrogens is 1. The van der Waals surface area contributed by atoms with Crippen LogP contribution in [0.2, 0.25) is 0 Å². The average Bonchev–Trinajstić information content (AvgIpc) is 0.990. The van der Waals surface area contributed by atoms with Crippen molar-refractivity contribution in [3.63, 3.8) is 0 Å². The molecule has 3 aliphatic rings. The van der Waals surface area contributed by atoms with E-state index in [0.29, 0.717) is 5.75 Å². The summed E-state index contributed by atoms with van der Waals surface area (Å²) < 4.78 is 157. The summed E-state index contributed by atoms with van der Waals surface area (Å²) >= 11 is 0. The molecule has 0 radical (unpaired) electrons. The molecular formula is C60H75N8O28P3S6. The van der Waals surface area contributed by atoms with Crippen LogP contribution in [0, 0.1) is 11.8 Å². The zero-order valence-electron chi connectivity index (χ0n) is 56.6. The van der Waals surface area contributed by atoms with Gasteiger partial charge in [-0.3, -0.25) is 52.1 Å². The molecule has 4 unspecified atom stereocenters. The van der Waals surface area contributed by atoms with Gasteiger partial charge >= 0.3 is 29.2 Å². The van der Waals surface area contributed by atoms with E-state index in [-0.39, 0.29) is 134 Å². The minimum atomic E-state index is -5.83. The standard InChI is InChI=1S/C60H75N8O28P3S6/c1-7-61-44-22-20-42-52(43-21-23-45(62-8-2)56(105(85,86)87)54(43)94-53(42)55(44)104(82,83)84)40-17-9-10-18-41(40)59(73)67(4)27-13-19-48(69)64-25-26-65-57(71)37-14-11-16-39(30-37)90-35-51(103-101-6)89-29-28-88-34-49(70)63-24-12-15-38-32-68(60(74)66-58(38)72)50-31-46(92-36(3)102-100-5)47(93-50)33-91-98(78,79)96-99(80,81)95-97(75,76)77/h9-11,14,16-18,20-23,30,32,36,46-47,50-51,61H,7-8,13,19,24-29,31,33-35H2,1-6H3,(H,63,70)(H,64,69)(H,65,71)(H,78,79)(H,80,81)(H,66,72,74)(H2,75,76,77)(H,82,83,84)(H,85,86,87)/t36-,46?,47+,50+,51?/m0/s1. The Kier molecular flexibility index (Phi) is 31.9. The first-order valence-corrected chi connectivity index (χ1v) is 43.9. The lowest BCUT2D eigenvalue weighted by Gasteiger charge is -2.23. The Balaban J connectivity index is 0.838. The molecule has 4 aromatic rings. The molecule has 4 amide bonds. The molecule has 1 fully saturated rings. The number of phosphoric ester groups is 1. The van der Waals surface area contributed by atoms with E-state index < -0.39 is 136 Å². The minimum Gasteiger partial charge on any atom is -0.490 e. The van der Waals surface area contributed by atoms with Crippen LogP contribution >= 0.6 is 66.6 Å². The zero-order valence-corrected chi connectivity index (χ0v) is 64.2. The van der Waals surface area contributed by atoms with Crippen molar-refractivity contribution in [2.45, 2.75) is 79.1 Å². The molecule has 1 aliphatic carbocycles. The van der Waals surface area contributed by atoms with Crippen molar-refractivity contribution in [1.29, 1.82) is 0 Å². The van der Waals surface area contributed by atoms with Crippen LogP contribution in [0.25, 0.3) is 33.4 Å². The van der Waals surface area contributed by atoms with Crippen LogP contribution in [0.5, 0.6) is 5.75 Å². The highest BCUT2D eigenvalue weighted by molar-refractivity contribution is 8.76. The summed E-state index contributed by atoms with van der Waals surface area (Å²) in [7, 11) is -20.4. The van der Waals surface area contributed by atoms with Gasteiger partial charge in [-0.05, 0) is 93.8 Å². The molecule has 1 saturated heterocycles. The third-order valence-electron chi connectivity index (χ3n) is 14.5. The molecule has 105 heavy (non-hydrogen) atoms. The summed E-state index contributed by atoms with van der Waals surface area (Å²) in [5, 5.41) is 10.7. The summed E-state index contributed by atoms with van der Waals surface area (Å²) in [5.41, 5.74) is -2.94. The van der Waals surface area contributed by atoms with Crippen LogP contribution < -0.4 is 42.6 Å². The number of rotatable bonds is 39. The Hall–Kier alpha value is -6.46. The maximum Gasteiger partial charge on any atom is 0.490 e. The Morgan fingerprint density at radius 2 is 1.58 bits per heavy atom. The predicted molar refractivity (Wildman–Crippen MR) is 388 cm³/mol. The SMILES string of the molecule is CCN=c1ccc2c(-c3ccccc3C(=O)N(C)CCCC(=O)NCCNC(=O)c3cccc(OCC(OCCOCC(=O)NCC#Cc4cn([C@H]5CC(O[C@H](C)SSC)[C@@H](COP(=O)(O)OP(=O)(O)OP(=O)(O)O)O5)c(=O)[nH]c4=O)SSC)c3)c3ccc(NCC)c(S(=O)(=O)O)c3oc-2c1S(=O)(=O)O. The van der Waals surface area contributed by atoms with Crippen molar-refractivity contribution in [3.05, 3.63) is 122 Å². The van der Waals surface area contributed by atoms with Crippen molar-refractivity contribution in [1.82, 2.24) is 30.4 Å². The Morgan fingerprint density at radius 1 is 0.857 bits per heavy atom. The van der Waals surface area contributed by atoms with Gasteiger partial charge in [0.2, 0.25) is 11.8 Å². The maximum atomic E-state index is 14.4. The number of anilines is 1. The van der Waals surface area contributed by atoms with E-state index in [1.807, 2.05) is 6.26 Å². The van der Waals surface area contributed by atoms with Crippen LogP contribution in [-0.2, 0) is 75.6 Å². The molecule has 2 aliphatic heterocycles. The van der Waals surface area contributed by atoms with E-state index in [2.05, 4.69) is 51.7 Å². The summed E-state index contributed by atoms with van der Waals surface area (Å²) in [6.07, 6.45) is 1.24. The fourth-order valence-corrected chi connectivity index (χ4v) is 17.8. The van der Waals surface area contributed by atoms with Gasteiger partial charge in [0.15, 0.2) is 21.1 Å². The third kappa shape index (κ3) is 25.3. The van der Waals surface area contributed by atoms with E-state index >= 15 is 0 Å². The fourth-order valence-electron chi connectivity index (χ4n) is 10.3. The number of phosphoric acid groups is 3. The quantitative estimate of drug-likeness (QED) is 0.00426. The lowest BCUT2D eigenvalue weighted by molar-refractivity contribution is -0.126. The normalized spacial score (nSPS) is 16.7. The molecule has 7 atom stereocenters. The second-order valence-corrected chi connectivity index (χ2v) is 34.6. The largest absolute Gasteiger partial charge is 0.490 e. The zero-order chi connectivity index (χ0) is 77.0. The molecule has 0 saturated carbocycles. The summed E-state index contributed by atoms with van der Waals surface area (Å²) in [6.45, 7) is 3.98. The molecule has 3 aromatic carbocycles. The number of nitrogens with zero attached hydrogens (tertiary/aromatic N) is 3. The highest BCUT2D eigenvalue weighted by Gasteiger charge is 2.44. The molecule has 45 heteroatoms. The second kappa shape index (κ2) is 39.1. The molecule has 11 N–H and O–H groups in total. The van der Waals surface area contributed by atoms with Crippen LogP contribution in [0.4, 0.5) is 5.69 Å². The van der Waals surface area contributed by atoms with Crippen LogP contribution in [0.3, 0.4) is 0 Å². The topological polar surface area (TPSA) is 515 Å². The van der Waals surface area contributed by atoms with Gasteiger partial charge < -0.3 is 73.8 Å². The Bertz CT molecular complexity index is 4750. The van der Waals surface area contributed by atoms with Crippen molar-refractivity contribution in [2.24, 2.45) is 4.99 Å². The number of hydrogen-bond donors (Lipinski definition) is 11. The van der Waals surface area contributed by atoms with E-state index in [1.54, 1.807) is 63.4 Å². The first-order chi connectivity index (χ1) is 49.6. The van der Waals surface area contributed by atoms with Crippen LogP contribution in [0.15, 0.2) is 108 Å². The van der Waals surface area contributed by atoms with Gasteiger partial charge in [-0.15, -0.1) is 0 Å². The minimum absolute atomic E-state index is 0.0140. The number of fused-ring (bicyclic) bond motifs is 2. The van der Waals surface area contributed by atoms with Crippen molar-refractivity contribution in [3.8, 4) is 40.0 Å². The summed E-state index contributed by atoms with van der Waals surface area (Å²) in [6, 6.07) is 18.3. The smallest absolute Gasteiger partial charge is 0.490 e. The first kappa shape index (κ1) is 85.8. The number of benzene rings is 4. The van der Waals surface area contributed by atoms with E-state index in [4.69, 9.17) is 42.4 Å². The summed E-state index contributed by atoms with van der Waals surface area (Å²) in [5.74, 6) is 3.08. The number of aromatic nitrogens is 2. The molecular weight excluding hydrogens is 1570 g/mol. The molecule has 36 nitrogen and oxygen atoms in total. The van der Waals surface area contributed by atoms with Gasteiger partial charge in [0.25, 0.3) is 37.6 Å². The second-order valence-electron chi connectivity index (χ2n) is 22.0. The molecule has 3 heterocycles. The predicted octanol–water partition coefficient (Wildman–Crippen LogP) is 5.59. The molecule has 7 rings (SSSR count). The number of amides is 4. The molecule has 1 aromatic heterocycles. The number of nitrogens with one attached hydrogen (secondary N) is 5. The van der Waals surface area contributed by atoms with Gasteiger partial charge in [-0.25, -0.2) is 18.5 Å². The maximum absolute atomic E-state index is 14.4. The third-order valence-corrected chi connectivity index (χ3v) is 24.0. The van der Waals surface area contributed by atoms with Crippen molar-refractivity contribution in [2.75, 3.05) is 97.2 Å². The average molecular weight is 1640 g/mol. The number of ether oxygens (including phenoxy) is 5. The Morgan fingerprint density at radius 3 is 2.28 bits per heavy atom. The molecule has 0 spiro atoms. The number of carbonyl (C=O) groups excluding carboxylic acids is 4. The van der Waals surface area contributed by atoms with Gasteiger partial charge in [0.05, 0.1) is 43.5 Å². The first-order valence-electron chi connectivity index (χ1n) is 31.2. The van der Waals surface area contributed by atoms with E-state index in [9.17, 15) is 78.2 Å². The van der Waals surface area contributed by atoms with Crippen molar-refractivity contribution < 1.29 is 120 Å². The van der Waals surface area contributed by atoms with Crippen LogP contribution in [0.1, 0.15) is 72.5 Å². The van der Waals surface area contributed by atoms with Gasteiger partial charge in [0.1, 0.15) is 47.7 Å². The van der Waals surface area contributed by atoms with Gasteiger partial charge in [-0.2, -0.15) is 25.5 Å². The highest BCUT2D eigenvalue weighted by Crippen LogP contribution is 2.66. The van der Waals surface area contributed by atoms with Crippen LogP contribution in [-0.4, -0.2) is 199 Å². The number of hydrogen-bond acceptors (Lipinski definition) is 28. The lowest BCUT2D eigenvalue weighted by Crippen LogP contribution is -2.35. The van der Waals surface area contributed by atoms with Gasteiger partial charge in [0, 0.05) is 86.4 Å². The fraction of sp³-hybridized carbons (Fsp3) is 0.417. The lowest BCUT2D eigenvalue weighted by atomic mass is 9.90. The number of aromatic amines is 1. The molecule has 574 valence electrons. The van der Waals surface area contributed by atoms with Crippen molar-refractivity contribution >= 4 is 127 Å². The summed E-state index contributed by atoms with van der Waals surface area (Å²) in [4.78, 5) is 122. The molecule has 0 bridgehead atoms. The monoisotopic (exact) mass is 1640 g/mol. The Labute approximate surface area is 616 Å².